The maximum atomic E-state index is 9.93. The van der Waals surface area contributed by atoms with E-state index in [0.29, 0.717) is 31.9 Å². The van der Waals surface area contributed by atoms with E-state index in [1.165, 1.54) is 25.7 Å². The van der Waals surface area contributed by atoms with Crippen molar-refractivity contribution in [1.29, 1.82) is 0 Å². The molecule has 0 aromatic heterocycles. The predicted octanol–water partition coefficient (Wildman–Crippen LogP) is 2.88. The third-order valence-corrected chi connectivity index (χ3v) is 3.94. The van der Waals surface area contributed by atoms with Gasteiger partial charge >= 0.3 is 0 Å². The molecule has 0 saturated heterocycles. The number of aliphatic hydroxyl groups is 1. The van der Waals surface area contributed by atoms with Gasteiger partial charge in [0.1, 0.15) is 18.5 Å². The van der Waals surface area contributed by atoms with Crippen LogP contribution in [0.5, 0.6) is 5.75 Å². The minimum absolute atomic E-state index is 0.292. The average molecular weight is 307 g/mol. The zero-order chi connectivity index (χ0) is 15.8. The number of hydrogen-bond donors (Lipinski definition) is 2. The Morgan fingerprint density at radius 2 is 1.95 bits per heavy atom. The molecule has 1 aliphatic rings. The van der Waals surface area contributed by atoms with E-state index in [1.807, 2.05) is 24.3 Å². The maximum Gasteiger partial charge on any atom is 0.124 e. The first-order valence-corrected chi connectivity index (χ1v) is 8.39. The van der Waals surface area contributed by atoms with Crippen molar-refractivity contribution in [3.63, 3.8) is 0 Å². The maximum absolute atomic E-state index is 9.93. The predicted molar refractivity (Wildman–Crippen MR) is 88.1 cm³/mol. The van der Waals surface area contributed by atoms with E-state index in [0.717, 1.165) is 11.3 Å². The number of hydrogen-bond acceptors (Lipinski definition) is 4. The summed E-state index contributed by atoms with van der Waals surface area (Å²) in [5.74, 6) is 0.809. The molecule has 2 N–H and O–H groups in total. The van der Waals surface area contributed by atoms with Crippen molar-refractivity contribution in [2.45, 2.75) is 64.4 Å². The molecule has 1 aromatic carbocycles. The van der Waals surface area contributed by atoms with E-state index in [4.69, 9.17) is 9.47 Å². The fraction of sp³-hybridized carbons (Fsp3) is 0.667. The van der Waals surface area contributed by atoms with E-state index in [-0.39, 0.29) is 0 Å². The second-order valence-corrected chi connectivity index (χ2v) is 6.35. The molecule has 2 rings (SSSR count). The molecule has 0 bridgehead atoms. The highest BCUT2D eigenvalue weighted by atomic mass is 16.5. The van der Waals surface area contributed by atoms with Crippen molar-refractivity contribution in [2.24, 2.45) is 0 Å². The average Bonchev–Trinajstić information content (AvgIpc) is 3.03. The van der Waals surface area contributed by atoms with Gasteiger partial charge in [-0.3, -0.25) is 0 Å². The van der Waals surface area contributed by atoms with Crippen LogP contribution < -0.4 is 10.1 Å². The molecule has 0 spiro atoms. The lowest BCUT2D eigenvalue weighted by Gasteiger charge is -2.17. The number of ether oxygens (including phenoxy) is 2. The summed E-state index contributed by atoms with van der Waals surface area (Å²) in [6.07, 6.45) is 4.78. The summed E-state index contributed by atoms with van der Waals surface area (Å²) in [5, 5.41) is 13.1. The Bertz CT molecular complexity index is 430. The second-order valence-electron chi connectivity index (χ2n) is 6.35. The molecule has 1 saturated carbocycles. The van der Waals surface area contributed by atoms with Gasteiger partial charge in [-0.15, -0.1) is 0 Å². The summed E-state index contributed by atoms with van der Waals surface area (Å²) in [7, 11) is 0. The quantitative estimate of drug-likeness (QED) is 0.736. The lowest BCUT2D eigenvalue weighted by atomic mass is 10.2. The summed E-state index contributed by atoms with van der Waals surface area (Å²) >= 11 is 0. The van der Waals surface area contributed by atoms with Crippen molar-refractivity contribution < 1.29 is 14.6 Å². The zero-order valence-electron chi connectivity index (χ0n) is 13.8. The van der Waals surface area contributed by atoms with Crippen LogP contribution in [0, 0.1) is 0 Å². The molecule has 1 fully saturated rings. The number of aliphatic hydroxyl groups excluding tert-OH is 1. The Morgan fingerprint density at radius 1 is 1.23 bits per heavy atom. The van der Waals surface area contributed by atoms with Crippen LogP contribution in [0.25, 0.3) is 0 Å². The normalized spacial score (nSPS) is 17.1. The summed E-state index contributed by atoms with van der Waals surface area (Å²) in [6.45, 7) is 5.53. The van der Waals surface area contributed by atoms with Crippen molar-refractivity contribution in [2.75, 3.05) is 13.2 Å². The van der Waals surface area contributed by atoms with Crippen LogP contribution in [0.4, 0.5) is 0 Å². The van der Waals surface area contributed by atoms with E-state index in [1.54, 1.807) is 0 Å². The molecule has 124 valence electrons. The van der Waals surface area contributed by atoms with Gasteiger partial charge in [-0.05, 0) is 18.9 Å². The molecule has 0 radical (unpaired) electrons. The lowest BCUT2D eigenvalue weighted by molar-refractivity contribution is 0.0430. The van der Waals surface area contributed by atoms with Crippen molar-refractivity contribution in [3.05, 3.63) is 29.8 Å². The fourth-order valence-electron chi connectivity index (χ4n) is 2.64. The third kappa shape index (κ3) is 5.95. The van der Waals surface area contributed by atoms with Crippen LogP contribution in [-0.4, -0.2) is 36.5 Å². The SMILES string of the molecule is CC(C)NCC(O)COc1ccccc1COC1CCCC1. The van der Waals surface area contributed by atoms with Crippen molar-refractivity contribution >= 4 is 0 Å². The Labute approximate surface area is 133 Å². The molecule has 1 atom stereocenters. The summed E-state index contributed by atoms with van der Waals surface area (Å²) in [4.78, 5) is 0. The molecule has 0 aliphatic heterocycles. The number of para-hydroxylation sites is 1. The Morgan fingerprint density at radius 3 is 2.68 bits per heavy atom. The third-order valence-electron chi connectivity index (χ3n) is 3.94. The molecular weight excluding hydrogens is 278 g/mol. The van der Waals surface area contributed by atoms with Gasteiger partial charge in [0.2, 0.25) is 0 Å². The number of rotatable bonds is 9. The van der Waals surface area contributed by atoms with E-state index >= 15 is 0 Å². The van der Waals surface area contributed by atoms with Crippen LogP contribution in [-0.2, 0) is 11.3 Å². The Kier molecular flexibility index (Phi) is 7.16. The highest BCUT2D eigenvalue weighted by molar-refractivity contribution is 5.32. The van der Waals surface area contributed by atoms with Gasteiger partial charge in [-0.2, -0.15) is 0 Å². The molecule has 4 heteroatoms. The van der Waals surface area contributed by atoms with E-state index < -0.39 is 6.10 Å². The molecule has 1 aromatic rings. The molecular formula is C18H29NO3. The second kappa shape index (κ2) is 9.13. The largest absolute Gasteiger partial charge is 0.490 e. The van der Waals surface area contributed by atoms with E-state index in [9.17, 15) is 5.11 Å². The zero-order valence-corrected chi connectivity index (χ0v) is 13.8. The highest BCUT2D eigenvalue weighted by Crippen LogP contribution is 2.25. The molecule has 1 aliphatic carbocycles. The monoisotopic (exact) mass is 307 g/mol. The van der Waals surface area contributed by atoms with Crippen LogP contribution in [0.15, 0.2) is 24.3 Å². The number of benzene rings is 1. The van der Waals surface area contributed by atoms with Gasteiger partial charge in [0, 0.05) is 18.2 Å². The van der Waals surface area contributed by atoms with Gasteiger partial charge in [0.15, 0.2) is 0 Å². The van der Waals surface area contributed by atoms with Gasteiger partial charge in [-0.25, -0.2) is 0 Å². The minimum Gasteiger partial charge on any atom is -0.490 e. The summed E-state index contributed by atoms with van der Waals surface area (Å²) < 4.78 is 11.7. The van der Waals surface area contributed by atoms with Crippen LogP contribution >= 0.6 is 0 Å². The van der Waals surface area contributed by atoms with Crippen LogP contribution in [0.2, 0.25) is 0 Å². The molecule has 0 heterocycles. The highest BCUT2D eigenvalue weighted by Gasteiger charge is 2.16. The summed E-state index contributed by atoms with van der Waals surface area (Å²) in [5.41, 5.74) is 1.05. The standard InChI is InChI=1S/C18H29NO3/c1-14(2)19-11-16(20)13-22-18-10-6-3-7-15(18)12-21-17-8-4-5-9-17/h3,6-7,10,14,16-17,19-20H,4-5,8-9,11-13H2,1-2H3. The van der Waals surface area contributed by atoms with Crippen LogP contribution in [0.3, 0.4) is 0 Å². The first-order valence-electron chi connectivity index (χ1n) is 8.39. The molecule has 1 unspecified atom stereocenters. The van der Waals surface area contributed by atoms with Gasteiger partial charge < -0.3 is 19.9 Å². The van der Waals surface area contributed by atoms with Gasteiger partial charge in [0.05, 0.1) is 12.7 Å². The fourth-order valence-corrected chi connectivity index (χ4v) is 2.64. The first kappa shape index (κ1) is 17.3. The van der Waals surface area contributed by atoms with Crippen molar-refractivity contribution in [1.82, 2.24) is 5.32 Å². The lowest BCUT2D eigenvalue weighted by Crippen LogP contribution is -2.35. The van der Waals surface area contributed by atoms with Crippen molar-refractivity contribution in [3.8, 4) is 5.75 Å². The van der Waals surface area contributed by atoms with E-state index in [2.05, 4.69) is 19.2 Å². The minimum atomic E-state index is -0.508. The molecule has 4 nitrogen and oxygen atoms in total. The number of nitrogens with one attached hydrogen (secondary N) is 1. The molecule has 22 heavy (non-hydrogen) atoms. The first-order chi connectivity index (χ1) is 10.6. The summed E-state index contributed by atoms with van der Waals surface area (Å²) in [6, 6.07) is 8.28. The Hall–Kier alpha value is -1.10. The van der Waals surface area contributed by atoms with Gasteiger partial charge in [-0.1, -0.05) is 44.9 Å². The van der Waals surface area contributed by atoms with Crippen LogP contribution in [0.1, 0.15) is 45.1 Å². The molecule has 0 amide bonds. The smallest absolute Gasteiger partial charge is 0.124 e. The van der Waals surface area contributed by atoms with Gasteiger partial charge in [0.25, 0.3) is 0 Å². The Balaban J connectivity index is 1.79. The topological polar surface area (TPSA) is 50.7 Å².